The summed E-state index contributed by atoms with van der Waals surface area (Å²) >= 11 is 0. The van der Waals surface area contributed by atoms with E-state index in [1.165, 1.54) is 11.8 Å². The van der Waals surface area contributed by atoms with Crippen molar-refractivity contribution in [2.75, 3.05) is 24.7 Å². The van der Waals surface area contributed by atoms with E-state index in [0.717, 1.165) is 29.8 Å². The first-order chi connectivity index (χ1) is 15.6. The Balaban J connectivity index is 1.45. The third kappa shape index (κ3) is 5.96. The second-order valence-electron chi connectivity index (χ2n) is 9.24. The molecule has 1 saturated heterocycles. The van der Waals surface area contributed by atoms with Gasteiger partial charge < -0.3 is 5.32 Å². The van der Waals surface area contributed by atoms with Crippen LogP contribution in [0.1, 0.15) is 32.3 Å². The molecule has 2 heterocycles. The van der Waals surface area contributed by atoms with Gasteiger partial charge in [-0.15, -0.1) is 19.4 Å². The van der Waals surface area contributed by atoms with Crippen molar-refractivity contribution in [2.24, 2.45) is 5.92 Å². The average Bonchev–Trinajstić information content (AvgIpc) is 3.22. The fraction of sp³-hybridized carbons (Fsp3) is 0.435. The van der Waals surface area contributed by atoms with E-state index in [0.29, 0.717) is 31.4 Å². The maximum absolute atomic E-state index is 11.7. The Kier molecular flexibility index (Phi) is 6.84. The highest BCUT2D eigenvalue weighted by Gasteiger charge is 2.25. The summed E-state index contributed by atoms with van der Waals surface area (Å²) in [6, 6.07) is 16.3. The van der Waals surface area contributed by atoms with Crippen molar-refractivity contribution in [2.45, 2.75) is 38.4 Å². The number of tetrazole rings is 1. The molecule has 1 aliphatic rings. The van der Waals surface area contributed by atoms with Gasteiger partial charge in [-0.05, 0) is 53.8 Å². The van der Waals surface area contributed by atoms with Gasteiger partial charge in [0.1, 0.15) is 0 Å². The van der Waals surface area contributed by atoms with Gasteiger partial charge in [0.05, 0.1) is 12.8 Å². The molecule has 0 bridgehead atoms. The number of nitrogens with one attached hydrogen (secondary N) is 1. The molecule has 1 fully saturated rings. The molecule has 176 valence electrons. The van der Waals surface area contributed by atoms with Crippen LogP contribution in [-0.2, 0) is 21.7 Å². The van der Waals surface area contributed by atoms with Gasteiger partial charge in [-0.2, -0.15) is 4.80 Å². The first-order valence-electron chi connectivity index (χ1n) is 11.1. The molecule has 0 saturated carbocycles. The van der Waals surface area contributed by atoms with Gasteiger partial charge in [-0.1, -0.05) is 38.1 Å². The SMILES string of the molecule is CC(C)(P)c1ccc(Nc2ccccc2-c2nnn(CC3CCN(S(C)(=O)=O)CC3)n2)cc1. The molecule has 8 nitrogen and oxygen atoms in total. The standard InChI is InChI=1S/C23H31N6O2PS/c1-23(2,32)18-8-10-19(11-9-18)24-21-7-5-4-6-20(21)22-25-27-29(26-22)16-17-12-14-28(15-13-17)33(3,30)31/h4-11,17,24H,12-16,32H2,1-3H3. The molecule has 0 radical (unpaired) electrons. The lowest BCUT2D eigenvalue weighted by Crippen LogP contribution is -2.38. The molecule has 1 aliphatic heterocycles. The van der Waals surface area contributed by atoms with Crippen LogP contribution in [0.25, 0.3) is 11.4 Å². The molecular weight excluding hydrogens is 455 g/mol. The van der Waals surface area contributed by atoms with E-state index in [-0.39, 0.29) is 5.16 Å². The minimum absolute atomic E-state index is 0.0281. The smallest absolute Gasteiger partial charge is 0.211 e. The number of benzene rings is 2. The van der Waals surface area contributed by atoms with Crippen LogP contribution in [0.5, 0.6) is 0 Å². The third-order valence-electron chi connectivity index (χ3n) is 5.99. The Morgan fingerprint density at radius 2 is 1.76 bits per heavy atom. The number of nitrogens with zero attached hydrogens (tertiary/aromatic N) is 5. The lowest BCUT2D eigenvalue weighted by molar-refractivity contribution is 0.239. The predicted molar refractivity (Wildman–Crippen MR) is 135 cm³/mol. The summed E-state index contributed by atoms with van der Waals surface area (Å²) in [5.41, 5.74) is 4.03. The molecule has 3 aromatic rings. The van der Waals surface area contributed by atoms with Gasteiger partial charge in [0.25, 0.3) is 0 Å². The molecule has 33 heavy (non-hydrogen) atoms. The van der Waals surface area contributed by atoms with Crippen molar-refractivity contribution in [3.05, 3.63) is 54.1 Å². The van der Waals surface area contributed by atoms with Crippen molar-refractivity contribution >= 4 is 30.6 Å². The maximum Gasteiger partial charge on any atom is 0.211 e. The molecular formula is C23H31N6O2PS. The van der Waals surface area contributed by atoms with E-state index >= 15 is 0 Å². The minimum atomic E-state index is -3.12. The quantitative estimate of drug-likeness (QED) is 0.510. The summed E-state index contributed by atoms with van der Waals surface area (Å²) in [5.74, 6) is 0.896. The van der Waals surface area contributed by atoms with Crippen molar-refractivity contribution in [1.29, 1.82) is 0 Å². The number of piperidine rings is 1. The number of hydrogen-bond acceptors (Lipinski definition) is 6. The zero-order chi connectivity index (χ0) is 23.6. The first kappa shape index (κ1) is 23.8. The Bertz CT molecular complexity index is 1200. The second kappa shape index (κ2) is 9.49. The normalized spacial score (nSPS) is 16.1. The molecule has 2 aromatic carbocycles. The Morgan fingerprint density at radius 3 is 2.39 bits per heavy atom. The Morgan fingerprint density at radius 1 is 1.09 bits per heavy atom. The molecule has 1 N–H and O–H groups in total. The number of aromatic nitrogens is 4. The summed E-state index contributed by atoms with van der Waals surface area (Å²) in [6.45, 7) is 6.06. The summed E-state index contributed by atoms with van der Waals surface area (Å²) in [4.78, 5) is 1.63. The van der Waals surface area contributed by atoms with Crippen LogP contribution in [0.2, 0.25) is 0 Å². The van der Waals surface area contributed by atoms with Gasteiger partial charge in [-0.3, -0.25) is 0 Å². The Labute approximate surface area is 198 Å². The van der Waals surface area contributed by atoms with Gasteiger partial charge >= 0.3 is 0 Å². The molecule has 0 aliphatic carbocycles. The van der Waals surface area contributed by atoms with Crippen LogP contribution in [-0.4, -0.2) is 52.3 Å². The molecule has 1 unspecified atom stereocenters. The molecule has 4 rings (SSSR count). The summed E-state index contributed by atoms with van der Waals surface area (Å²) in [5, 5.41) is 16.7. The first-order valence-corrected chi connectivity index (χ1v) is 13.5. The fourth-order valence-electron chi connectivity index (χ4n) is 4.01. The van der Waals surface area contributed by atoms with Crippen LogP contribution in [0.4, 0.5) is 11.4 Å². The Hall–Kier alpha value is -2.35. The summed E-state index contributed by atoms with van der Waals surface area (Å²) < 4.78 is 25.0. The second-order valence-corrected chi connectivity index (χ2v) is 12.7. The highest BCUT2D eigenvalue weighted by atomic mass is 32.2. The van der Waals surface area contributed by atoms with Gasteiger partial charge in [0.2, 0.25) is 15.8 Å². The lowest BCUT2D eigenvalue weighted by Gasteiger charge is -2.29. The maximum atomic E-state index is 11.7. The van der Waals surface area contributed by atoms with E-state index in [1.807, 2.05) is 24.3 Å². The zero-order valence-corrected chi connectivity index (χ0v) is 21.2. The highest BCUT2D eigenvalue weighted by Crippen LogP contribution is 2.32. The van der Waals surface area contributed by atoms with E-state index in [9.17, 15) is 8.42 Å². The summed E-state index contributed by atoms with van der Waals surface area (Å²) in [7, 11) is -0.254. The van der Waals surface area contributed by atoms with E-state index in [2.05, 4.69) is 68.1 Å². The number of anilines is 2. The van der Waals surface area contributed by atoms with E-state index in [1.54, 1.807) is 9.10 Å². The average molecular weight is 487 g/mol. The number of rotatable bonds is 7. The van der Waals surface area contributed by atoms with Gasteiger partial charge in [0, 0.05) is 35.2 Å². The van der Waals surface area contributed by atoms with Crippen LogP contribution in [0.15, 0.2) is 48.5 Å². The van der Waals surface area contributed by atoms with Crippen molar-refractivity contribution < 1.29 is 8.42 Å². The molecule has 10 heteroatoms. The molecule has 0 spiro atoms. The minimum Gasteiger partial charge on any atom is -0.355 e. The largest absolute Gasteiger partial charge is 0.355 e. The number of para-hydroxylation sites is 1. The zero-order valence-electron chi connectivity index (χ0n) is 19.3. The van der Waals surface area contributed by atoms with Crippen molar-refractivity contribution in [3.8, 4) is 11.4 Å². The number of hydrogen-bond donors (Lipinski definition) is 1. The van der Waals surface area contributed by atoms with Gasteiger partial charge in [-0.25, -0.2) is 12.7 Å². The number of sulfonamides is 1. The van der Waals surface area contributed by atoms with Crippen molar-refractivity contribution in [3.63, 3.8) is 0 Å². The molecule has 1 aromatic heterocycles. The third-order valence-corrected chi connectivity index (χ3v) is 7.63. The highest BCUT2D eigenvalue weighted by molar-refractivity contribution is 7.88. The molecule has 0 amide bonds. The van der Waals surface area contributed by atoms with Crippen LogP contribution in [0, 0.1) is 5.92 Å². The summed E-state index contributed by atoms with van der Waals surface area (Å²) in [6.07, 6.45) is 2.86. The van der Waals surface area contributed by atoms with E-state index in [4.69, 9.17) is 0 Å². The topological polar surface area (TPSA) is 93.0 Å². The van der Waals surface area contributed by atoms with Crippen molar-refractivity contribution in [1.82, 2.24) is 24.5 Å². The van der Waals surface area contributed by atoms with Crippen LogP contribution in [0.3, 0.4) is 0 Å². The van der Waals surface area contributed by atoms with Crippen LogP contribution < -0.4 is 5.32 Å². The molecule has 1 atom stereocenters. The van der Waals surface area contributed by atoms with Crippen LogP contribution >= 0.6 is 9.24 Å². The fourth-order valence-corrected chi connectivity index (χ4v) is 5.08. The van der Waals surface area contributed by atoms with Gasteiger partial charge in [0.15, 0.2) is 0 Å². The monoisotopic (exact) mass is 486 g/mol. The lowest BCUT2D eigenvalue weighted by atomic mass is 9.98. The van der Waals surface area contributed by atoms with E-state index < -0.39 is 10.0 Å². The predicted octanol–water partition coefficient (Wildman–Crippen LogP) is 3.87.